The third-order valence-corrected chi connectivity index (χ3v) is 6.05. The minimum Gasteiger partial charge on any atom is -0.465 e. The minimum atomic E-state index is -3.66. The second kappa shape index (κ2) is 6.28. The first kappa shape index (κ1) is 16.5. The van der Waals surface area contributed by atoms with Gasteiger partial charge in [-0.15, -0.1) is 0 Å². The number of hydrogen-bond acceptors (Lipinski definition) is 4. The van der Waals surface area contributed by atoms with E-state index in [2.05, 4.69) is 0 Å². The highest BCUT2D eigenvalue weighted by molar-refractivity contribution is 7.92. The molecule has 0 amide bonds. The molecule has 24 heavy (non-hydrogen) atoms. The molecule has 1 aliphatic heterocycles. The first-order valence-electron chi connectivity index (χ1n) is 7.75. The van der Waals surface area contributed by atoms with E-state index in [1.165, 1.54) is 11.4 Å². The zero-order valence-electron chi connectivity index (χ0n) is 13.7. The van der Waals surface area contributed by atoms with Gasteiger partial charge in [0.2, 0.25) is 0 Å². The van der Waals surface area contributed by atoms with E-state index >= 15 is 0 Å². The van der Waals surface area contributed by atoms with Crippen LogP contribution in [0.5, 0.6) is 0 Å². The predicted octanol–water partition coefficient (Wildman–Crippen LogP) is 2.92. The van der Waals surface area contributed by atoms with E-state index in [1.54, 1.807) is 42.5 Å². The van der Waals surface area contributed by atoms with Crippen LogP contribution in [0.3, 0.4) is 0 Å². The number of carbonyl (C=O) groups excluding carboxylic acids is 1. The van der Waals surface area contributed by atoms with Crippen molar-refractivity contribution in [1.82, 2.24) is 0 Å². The van der Waals surface area contributed by atoms with Gasteiger partial charge in [-0.25, -0.2) is 13.2 Å². The molecule has 1 heterocycles. The molecular formula is C18H19NO4S. The third kappa shape index (κ3) is 2.78. The molecule has 0 unspecified atom stereocenters. The van der Waals surface area contributed by atoms with Gasteiger partial charge >= 0.3 is 5.97 Å². The van der Waals surface area contributed by atoms with E-state index in [0.29, 0.717) is 30.6 Å². The van der Waals surface area contributed by atoms with Gasteiger partial charge in [0.05, 0.1) is 23.3 Å². The van der Waals surface area contributed by atoms with Crippen LogP contribution in [-0.4, -0.2) is 28.0 Å². The molecule has 0 fully saturated rings. The lowest BCUT2D eigenvalue weighted by atomic mass is 9.98. The molecule has 126 valence electrons. The summed E-state index contributed by atoms with van der Waals surface area (Å²) in [6.07, 6.45) is 1.31. The molecule has 2 aromatic rings. The lowest BCUT2D eigenvalue weighted by molar-refractivity contribution is 0.0599. The number of anilines is 1. The molecule has 0 aromatic heterocycles. The Balaban J connectivity index is 2.10. The molecule has 0 aliphatic carbocycles. The van der Waals surface area contributed by atoms with Crippen LogP contribution in [0.2, 0.25) is 0 Å². The number of esters is 1. The van der Waals surface area contributed by atoms with Gasteiger partial charge in [-0.3, -0.25) is 4.31 Å². The molecule has 0 radical (unpaired) electrons. The van der Waals surface area contributed by atoms with Crippen LogP contribution in [-0.2, 0) is 21.2 Å². The summed E-state index contributed by atoms with van der Waals surface area (Å²) in [6.45, 7) is 2.31. The number of fused-ring (bicyclic) bond motifs is 1. The third-order valence-electron chi connectivity index (χ3n) is 4.22. The fraction of sp³-hybridized carbons (Fsp3) is 0.278. The number of nitrogens with zero attached hydrogens (tertiary/aromatic N) is 1. The maximum Gasteiger partial charge on any atom is 0.338 e. The Morgan fingerprint density at radius 2 is 1.83 bits per heavy atom. The minimum absolute atomic E-state index is 0.254. The van der Waals surface area contributed by atoms with E-state index in [9.17, 15) is 13.2 Å². The van der Waals surface area contributed by atoms with Crippen molar-refractivity contribution in [1.29, 1.82) is 0 Å². The smallest absolute Gasteiger partial charge is 0.338 e. The Morgan fingerprint density at radius 3 is 2.50 bits per heavy atom. The molecule has 6 heteroatoms. The van der Waals surface area contributed by atoms with Gasteiger partial charge in [-0.1, -0.05) is 23.8 Å². The van der Waals surface area contributed by atoms with E-state index in [1.807, 2.05) is 6.92 Å². The topological polar surface area (TPSA) is 63.7 Å². The maximum absolute atomic E-state index is 13.0. The molecule has 0 N–H and O–H groups in total. The quantitative estimate of drug-likeness (QED) is 0.803. The van der Waals surface area contributed by atoms with Crippen LogP contribution < -0.4 is 4.31 Å². The Bertz CT molecular complexity index is 872. The Labute approximate surface area is 141 Å². The van der Waals surface area contributed by atoms with Crippen LogP contribution in [0, 0.1) is 6.92 Å². The highest BCUT2D eigenvalue weighted by Gasteiger charge is 2.31. The second-order valence-electron chi connectivity index (χ2n) is 5.79. The molecule has 3 rings (SSSR count). The fourth-order valence-corrected chi connectivity index (χ4v) is 4.51. The van der Waals surface area contributed by atoms with Crippen LogP contribution >= 0.6 is 0 Å². The number of sulfonamides is 1. The SMILES string of the molecule is COC(=O)c1cccc2c1CCCN2S(=O)(=O)c1ccc(C)cc1. The highest BCUT2D eigenvalue weighted by atomic mass is 32.2. The number of benzene rings is 2. The summed E-state index contributed by atoms with van der Waals surface area (Å²) in [5, 5.41) is 0. The van der Waals surface area contributed by atoms with Crippen LogP contribution in [0.25, 0.3) is 0 Å². The van der Waals surface area contributed by atoms with Gasteiger partial charge in [-0.05, 0) is 49.6 Å². The number of carbonyl (C=O) groups is 1. The van der Waals surface area contributed by atoms with Crippen molar-refractivity contribution in [2.45, 2.75) is 24.7 Å². The van der Waals surface area contributed by atoms with Crippen molar-refractivity contribution < 1.29 is 17.9 Å². The van der Waals surface area contributed by atoms with Gasteiger partial charge in [0.25, 0.3) is 10.0 Å². The predicted molar refractivity (Wildman–Crippen MR) is 91.8 cm³/mol. The fourth-order valence-electron chi connectivity index (χ4n) is 2.98. The number of hydrogen-bond donors (Lipinski definition) is 0. The molecule has 2 aromatic carbocycles. The zero-order valence-corrected chi connectivity index (χ0v) is 14.5. The maximum atomic E-state index is 13.0. The number of aryl methyl sites for hydroxylation is 1. The van der Waals surface area contributed by atoms with E-state index in [0.717, 1.165) is 11.1 Å². The summed E-state index contributed by atoms with van der Waals surface area (Å²) in [5.41, 5.74) is 2.72. The molecule has 0 bridgehead atoms. The molecule has 0 atom stereocenters. The molecule has 1 aliphatic rings. The summed E-state index contributed by atoms with van der Waals surface area (Å²) in [5.74, 6) is -0.443. The van der Waals surface area contributed by atoms with Crippen LogP contribution in [0.15, 0.2) is 47.4 Å². The highest BCUT2D eigenvalue weighted by Crippen LogP contribution is 2.34. The first-order chi connectivity index (χ1) is 11.4. The molecule has 5 nitrogen and oxygen atoms in total. The van der Waals surface area contributed by atoms with Gasteiger partial charge in [0.15, 0.2) is 0 Å². The van der Waals surface area contributed by atoms with Crippen molar-refractivity contribution in [3.05, 3.63) is 59.2 Å². The lowest BCUT2D eigenvalue weighted by Gasteiger charge is -2.31. The van der Waals surface area contributed by atoms with Gasteiger partial charge in [0, 0.05) is 6.54 Å². The summed E-state index contributed by atoms with van der Waals surface area (Å²) < 4.78 is 32.2. The average Bonchev–Trinajstić information content (AvgIpc) is 2.60. The largest absolute Gasteiger partial charge is 0.465 e. The molecular weight excluding hydrogens is 326 g/mol. The summed E-state index contributed by atoms with van der Waals surface area (Å²) in [6, 6.07) is 11.9. The van der Waals surface area contributed by atoms with Crippen molar-refractivity contribution in [2.75, 3.05) is 18.0 Å². The Morgan fingerprint density at radius 1 is 1.12 bits per heavy atom. The average molecular weight is 345 g/mol. The van der Waals surface area contributed by atoms with E-state index < -0.39 is 16.0 Å². The second-order valence-corrected chi connectivity index (χ2v) is 7.65. The van der Waals surface area contributed by atoms with Gasteiger partial charge in [-0.2, -0.15) is 0 Å². The van der Waals surface area contributed by atoms with Crippen LogP contribution in [0.4, 0.5) is 5.69 Å². The summed E-state index contributed by atoms with van der Waals surface area (Å²) in [4.78, 5) is 12.2. The standard InChI is InChI=1S/C18H19NO4S/c1-13-8-10-14(11-9-13)24(21,22)19-12-4-6-15-16(18(20)23-2)5-3-7-17(15)19/h3,5,7-11H,4,6,12H2,1-2H3. The van der Waals surface area contributed by atoms with Crippen LogP contribution in [0.1, 0.15) is 27.9 Å². The Kier molecular flexibility index (Phi) is 4.32. The van der Waals surface area contributed by atoms with Crippen molar-refractivity contribution in [3.63, 3.8) is 0 Å². The van der Waals surface area contributed by atoms with Crippen molar-refractivity contribution in [3.8, 4) is 0 Å². The molecule has 0 saturated carbocycles. The summed E-state index contributed by atoms with van der Waals surface area (Å²) in [7, 11) is -2.34. The first-order valence-corrected chi connectivity index (χ1v) is 9.19. The normalized spacial score (nSPS) is 14.2. The lowest BCUT2D eigenvalue weighted by Crippen LogP contribution is -2.36. The molecule has 0 spiro atoms. The van der Waals surface area contributed by atoms with E-state index in [-0.39, 0.29) is 4.90 Å². The van der Waals surface area contributed by atoms with Gasteiger partial charge in [0.1, 0.15) is 0 Å². The molecule has 0 saturated heterocycles. The summed E-state index contributed by atoms with van der Waals surface area (Å²) >= 11 is 0. The van der Waals surface area contributed by atoms with Crippen molar-refractivity contribution in [2.24, 2.45) is 0 Å². The number of ether oxygens (including phenoxy) is 1. The number of rotatable bonds is 3. The monoisotopic (exact) mass is 345 g/mol. The van der Waals surface area contributed by atoms with E-state index in [4.69, 9.17) is 4.74 Å². The van der Waals surface area contributed by atoms with Crippen molar-refractivity contribution >= 4 is 21.7 Å². The Hall–Kier alpha value is -2.34. The zero-order chi connectivity index (χ0) is 17.3. The number of methoxy groups -OCH3 is 1. The van der Waals surface area contributed by atoms with Gasteiger partial charge < -0.3 is 4.74 Å².